The van der Waals surface area contributed by atoms with Gasteiger partial charge in [-0.1, -0.05) is 25.1 Å². The van der Waals surface area contributed by atoms with Crippen molar-refractivity contribution in [2.45, 2.75) is 32.2 Å². The third-order valence-electron chi connectivity index (χ3n) is 3.58. The summed E-state index contributed by atoms with van der Waals surface area (Å²) in [6, 6.07) is 12.8. The molecule has 0 aliphatic carbocycles. The summed E-state index contributed by atoms with van der Waals surface area (Å²) >= 11 is 0. The monoisotopic (exact) mass is 284 g/mol. The Balaban J connectivity index is 2.06. The number of aromatic nitrogens is 1. The molecule has 2 rings (SSSR count). The number of nitrogens with zero attached hydrogens (tertiary/aromatic N) is 1. The standard InChI is InChI=1S/C18H24N2O/c1-3-11-20-18(10-9-15-6-5-12-19-14-15)16-7-4-8-17(13-16)21-2/h4-8,12-14,18,20H,3,9-11H2,1-2H3. The average molecular weight is 284 g/mol. The lowest BCUT2D eigenvalue weighted by molar-refractivity contribution is 0.412. The van der Waals surface area contributed by atoms with Gasteiger partial charge in [0.25, 0.3) is 0 Å². The van der Waals surface area contributed by atoms with Crippen LogP contribution in [0.5, 0.6) is 5.75 Å². The van der Waals surface area contributed by atoms with Gasteiger partial charge in [-0.15, -0.1) is 0 Å². The summed E-state index contributed by atoms with van der Waals surface area (Å²) in [4.78, 5) is 4.18. The molecule has 0 saturated heterocycles. The number of nitrogens with one attached hydrogen (secondary N) is 1. The molecule has 0 aliphatic heterocycles. The second-order valence-electron chi connectivity index (χ2n) is 5.18. The average Bonchev–Trinajstić information content (AvgIpc) is 2.56. The van der Waals surface area contributed by atoms with Gasteiger partial charge < -0.3 is 10.1 Å². The molecular formula is C18H24N2O. The highest BCUT2D eigenvalue weighted by Gasteiger charge is 2.11. The van der Waals surface area contributed by atoms with E-state index in [1.807, 2.05) is 24.5 Å². The summed E-state index contributed by atoms with van der Waals surface area (Å²) in [7, 11) is 1.71. The Morgan fingerprint density at radius 3 is 2.86 bits per heavy atom. The van der Waals surface area contributed by atoms with E-state index < -0.39 is 0 Å². The van der Waals surface area contributed by atoms with Crippen LogP contribution in [-0.4, -0.2) is 18.6 Å². The third-order valence-corrected chi connectivity index (χ3v) is 3.58. The summed E-state index contributed by atoms with van der Waals surface area (Å²) in [6.45, 7) is 3.21. The van der Waals surface area contributed by atoms with E-state index in [9.17, 15) is 0 Å². The minimum Gasteiger partial charge on any atom is -0.497 e. The largest absolute Gasteiger partial charge is 0.497 e. The van der Waals surface area contributed by atoms with Gasteiger partial charge in [-0.25, -0.2) is 0 Å². The topological polar surface area (TPSA) is 34.2 Å². The zero-order valence-corrected chi connectivity index (χ0v) is 12.9. The van der Waals surface area contributed by atoms with Gasteiger partial charge in [0.1, 0.15) is 5.75 Å². The first-order valence-electron chi connectivity index (χ1n) is 7.59. The highest BCUT2D eigenvalue weighted by molar-refractivity contribution is 5.30. The lowest BCUT2D eigenvalue weighted by atomic mass is 9.99. The van der Waals surface area contributed by atoms with Gasteiger partial charge in [-0.2, -0.15) is 0 Å². The van der Waals surface area contributed by atoms with Gasteiger partial charge in [-0.05, 0) is 55.1 Å². The highest BCUT2D eigenvalue weighted by Crippen LogP contribution is 2.23. The van der Waals surface area contributed by atoms with Crippen LogP contribution in [0.25, 0.3) is 0 Å². The lowest BCUT2D eigenvalue weighted by Crippen LogP contribution is -2.22. The molecule has 3 heteroatoms. The molecule has 0 spiro atoms. The molecule has 1 N–H and O–H groups in total. The summed E-state index contributed by atoms with van der Waals surface area (Å²) in [5, 5.41) is 3.63. The molecule has 1 atom stereocenters. The number of benzene rings is 1. The Morgan fingerprint density at radius 1 is 1.24 bits per heavy atom. The van der Waals surface area contributed by atoms with E-state index in [-0.39, 0.29) is 0 Å². The fraction of sp³-hybridized carbons (Fsp3) is 0.389. The maximum atomic E-state index is 5.33. The molecule has 112 valence electrons. The van der Waals surface area contributed by atoms with E-state index >= 15 is 0 Å². The quantitative estimate of drug-likeness (QED) is 0.801. The summed E-state index contributed by atoms with van der Waals surface area (Å²) in [6.07, 6.45) is 6.97. The van der Waals surface area contributed by atoms with E-state index in [0.29, 0.717) is 6.04 Å². The molecule has 0 radical (unpaired) electrons. The van der Waals surface area contributed by atoms with Crippen LogP contribution in [0, 0.1) is 0 Å². The predicted molar refractivity (Wildman–Crippen MR) is 86.6 cm³/mol. The predicted octanol–water partition coefficient (Wildman–Crippen LogP) is 3.76. The van der Waals surface area contributed by atoms with Gasteiger partial charge in [0.15, 0.2) is 0 Å². The Labute approximate surface area is 127 Å². The van der Waals surface area contributed by atoms with Crippen molar-refractivity contribution in [1.82, 2.24) is 10.3 Å². The number of aryl methyl sites for hydroxylation is 1. The molecule has 3 nitrogen and oxygen atoms in total. The van der Waals surface area contributed by atoms with Crippen molar-refractivity contribution in [3.05, 3.63) is 59.9 Å². The van der Waals surface area contributed by atoms with Crippen LogP contribution in [0.4, 0.5) is 0 Å². The maximum absolute atomic E-state index is 5.33. The van der Waals surface area contributed by atoms with Crippen LogP contribution in [-0.2, 0) is 6.42 Å². The minimum atomic E-state index is 0.347. The highest BCUT2D eigenvalue weighted by atomic mass is 16.5. The normalized spacial score (nSPS) is 12.1. The molecule has 0 fully saturated rings. The van der Waals surface area contributed by atoms with Gasteiger partial charge in [0, 0.05) is 18.4 Å². The van der Waals surface area contributed by atoms with Gasteiger partial charge >= 0.3 is 0 Å². The number of hydrogen-bond donors (Lipinski definition) is 1. The first kappa shape index (κ1) is 15.5. The zero-order valence-electron chi connectivity index (χ0n) is 12.9. The second-order valence-corrected chi connectivity index (χ2v) is 5.18. The third kappa shape index (κ3) is 4.87. The molecule has 1 unspecified atom stereocenters. The maximum Gasteiger partial charge on any atom is 0.119 e. The van der Waals surface area contributed by atoms with E-state index in [0.717, 1.165) is 31.6 Å². The summed E-state index contributed by atoms with van der Waals surface area (Å²) in [5.41, 5.74) is 2.57. The Kier molecular flexibility index (Phi) is 6.22. The van der Waals surface area contributed by atoms with E-state index in [2.05, 4.69) is 41.5 Å². The molecule has 0 saturated carbocycles. The Morgan fingerprint density at radius 2 is 2.14 bits per heavy atom. The van der Waals surface area contributed by atoms with Crippen LogP contribution in [0.1, 0.15) is 36.9 Å². The van der Waals surface area contributed by atoms with Crippen LogP contribution >= 0.6 is 0 Å². The second kappa shape index (κ2) is 8.42. The molecule has 1 aromatic carbocycles. The van der Waals surface area contributed by atoms with Crippen molar-refractivity contribution < 1.29 is 4.74 Å². The SMILES string of the molecule is CCCNC(CCc1cccnc1)c1cccc(OC)c1. The molecular weight excluding hydrogens is 260 g/mol. The van der Waals surface area contributed by atoms with Crippen molar-refractivity contribution in [2.24, 2.45) is 0 Å². The fourth-order valence-corrected chi connectivity index (χ4v) is 2.42. The van der Waals surface area contributed by atoms with Gasteiger partial charge in [-0.3, -0.25) is 4.98 Å². The van der Waals surface area contributed by atoms with E-state index in [1.54, 1.807) is 7.11 Å². The van der Waals surface area contributed by atoms with Crippen LogP contribution < -0.4 is 10.1 Å². The number of hydrogen-bond acceptors (Lipinski definition) is 3. The minimum absolute atomic E-state index is 0.347. The van der Waals surface area contributed by atoms with Crippen LogP contribution in [0.15, 0.2) is 48.8 Å². The Hall–Kier alpha value is -1.87. The van der Waals surface area contributed by atoms with Gasteiger partial charge in [0.2, 0.25) is 0 Å². The molecule has 1 heterocycles. The fourth-order valence-electron chi connectivity index (χ4n) is 2.42. The molecule has 0 amide bonds. The molecule has 0 aliphatic rings. The van der Waals surface area contributed by atoms with Gasteiger partial charge in [0.05, 0.1) is 7.11 Å². The molecule has 21 heavy (non-hydrogen) atoms. The van der Waals surface area contributed by atoms with Crippen molar-refractivity contribution in [2.75, 3.05) is 13.7 Å². The van der Waals surface area contributed by atoms with Crippen molar-refractivity contribution in [1.29, 1.82) is 0 Å². The molecule has 0 bridgehead atoms. The summed E-state index contributed by atoms with van der Waals surface area (Å²) < 4.78 is 5.33. The molecule has 2 aromatic rings. The number of ether oxygens (including phenoxy) is 1. The van der Waals surface area contributed by atoms with E-state index in [4.69, 9.17) is 4.74 Å². The lowest BCUT2D eigenvalue weighted by Gasteiger charge is -2.19. The first-order chi connectivity index (χ1) is 10.3. The molecule has 1 aromatic heterocycles. The van der Waals surface area contributed by atoms with Crippen molar-refractivity contribution >= 4 is 0 Å². The van der Waals surface area contributed by atoms with Crippen LogP contribution in [0.3, 0.4) is 0 Å². The first-order valence-corrected chi connectivity index (χ1v) is 7.59. The Bertz CT molecular complexity index is 528. The summed E-state index contributed by atoms with van der Waals surface area (Å²) in [5.74, 6) is 0.914. The van der Waals surface area contributed by atoms with E-state index in [1.165, 1.54) is 11.1 Å². The van der Waals surface area contributed by atoms with Crippen LogP contribution in [0.2, 0.25) is 0 Å². The number of pyridine rings is 1. The number of rotatable bonds is 8. The smallest absolute Gasteiger partial charge is 0.119 e. The van der Waals surface area contributed by atoms with Crippen molar-refractivity contribution in [3.8, 4) is 5.75 Å². The van der Waals surface area contributed by atoms with Crippen molar-refractivity contribution in [3.63, 3.8) is 0 Å². The zero-order chi connectivity index (χ0) is 14.9. The number of methoxy groups -OCH3 is 1.